The van der Waals surface area contributed by atoms with Crippen molar-refractivity contribution in [1.82, 2.24) is 0 Å². The van der Waals surface area contributed by atoms with Gasteiger partial charge in [-0.1, -0.05) is 0 Å². The molecule has 1 aromatic rings. The molecule has 22 heavy (non-hydrogen) atoms. The number of esters is 2. The maximum atomic E-state index is 11.9. The molecule has 0 unspecified atom stereocenters. The van der Waals surface area contributed by atoms with E-state index < -0.39 is 11.9 Å². The number of halogens is 1. The van der Waals surface area contributed by atoms with Crippen molar-refractivity contribution in [3.05, 3.63) is 27.7 Å². The van der Waals surface area contributed by atoms with Crippen LogP contribution in [0.1, 0.15) is 19.4 Å². The molecule has 0 aliphatic carbocycles. The van der Waals surface area contributed by atoms with Gasteiger partial charge in [0.15, 0.2) is 11.5 Å². The monoisotopic (exact) mass is 372 g/mol. The molecule has 120 valence electrons. The van der Waals surface area contributed by atoms with E-state index >= 15 is 0 Å². The van der Waals surface area contributed by atoms with E-state index in [0.29, 0.717) is 10.0 Å². The smallest absolute Gasteiger partial charge is 0.345 e. The third-order valence-corrected chi connectivity index (χ3v) is 3.18. The number of aromatic hydroxyl groups is 1. The largest absolute Gasteiger partial charge is 0.503 e. The average molecular weight is 373 g/mol. The van der Waals surface area contributed by atoms with E-state index in [-0.39, 0.29) is 30.3 Å². The van der Waals surface area contributed by atoms with Crippen LogP contribution in [0.4, 0.5) is 0 Å². The molecule has 7 heteroatoms. The quantitative estimate of drug-likeness (QED) is 0.357. The van der Waals surface area contributed by atoms with Crippen LogP contribution in [0.5, 0.6) is 11.5 Å². The first-order chi connectivity index (χ1) is 10.4. The number of carbonyl (C=O) groups excluding carboxylic acids is 2. The second kappa shape index (κ2) is 8.43. The first-order valence-corrected chi connectivity index (χ1v) is 7.36. The van der Waals surface area contributed by atoms with Gasteiger partial charge in [0, 0.05) is 0 Å². The lowest BCUT2D eigenvalue weighted by Gasteiger charge is -2.09. The Hall–Kier alpha value is -2.02. The summed E-state index contributed by atoms with van der Waals surface area (Å²) in [5.41, 5.74) is 0.237. The Morgan fingerprint density at radius 3 is 2.18 bits per heavy atom. The lowest BCUT2D eigenvalue weighted by atomic mass is 10.1. The van der Waals surface area contributed by atoms with E-state index in [0.717, 1.165) is 0 Å². The molecule has 0 fully saturated rings. The van der Waals surface area contributed by atoms with Crippen LogP contribution in [0.2, 0.25) is 0 Å². The Balaban J connectivity index is 3.29. The van der Waals surface area contributed by atoms with Gasteiger partial charge in [-0.05, 0) is 53.5 Å². The van der Waals surface area contributed by atoms with E-state index in [4.69, 9.17) is 14.2 Å². The maximum absolute atomic E-state index is 11.9. The molecule has 6 nitrogen and oxygen atoms in total. The lowest BCUT2D eigenvalue weighted by molar-refractivity contribution is -0.146. The predicted molar refractivity (Wildman–Crippen MR) is 83.6 cm³/mol. The van der Waals surface area contributed by atoms with Gasteiger partial charge in [0.05, 0.1) is 24.8 Å². The second-order valence-corrected chi connectivity index (χ2v) is 4.91. The molecule has 1 N–H and O–H groups in total. The maximum Gasteiger partial charge on any atom is 0.345 e. The number of rotatable bonds is 6. The number of phenols is 1. The lowest BCUT2D eigenvalue weighted by Crippen LogP contribution is -2.18. The van der Waals surface area contributed by atoms with Crippen LogP contribution in [0.25, 0.3) is 6.08 Å². The Morgan fingerprint density at radius 1 is 1.18 bits per heavy atom. The number of hydrogen-bond donors (Lipinski definition) is 1. The Kier molecular flexibility index (Phi) is 6.91. The fourth-order valence-electron chi connectivity index (χ4n) is 1.62. The topological polar surface area (TPSA) is 82.1 Å². The van der Waals surface area contributed by atoms with Crippen LogP contribution in [0.3, 0.4) is 0 Å². The summed E-state index contributed by atoms with van der Waals surface area (Å²) in [5.74, 6) is -1.42. The Bertz CT molecular complexity index is 574. The van der Waals surface area contributed by atoms with Crippen LogP contribution >= 0.6 is 15.9 Å². The summed E-state index contributed by atoms with van der Waals surface area (Å²) in [6.07, 6.45) is 1.32. The molecular weight excluding hydrogens is 356 g/mol. The first kappa shape index (κ1) is 18.0. The molecule has 0 aromatic heterocycles. The van der Waals surface area contributed by atoms with Gasteiger partial charge in [0.25, 0.3) is 0 Å². The highest BCUT2D eigenvalue weighted by atomic mass is 79.9. The summed E-state index contributed by atoms with van der Waals surface area (Å²) in [6.45, 7) is 3.55. The SMILES string of the molecule is CCOC(=O)C(=Cc1cc(Br)c(O)c(OC)c1)C(=O)OCC. The first-order valence-electron chi connectivity index (χ1n) is 6.57. The fourth-order valence-corrected chi connectivity index (χ4v) is 2.08. The van der Waals surface area contributed by atoms with Crippen LogP contribution in [-0.2, 0) is 19.1 Å². The van der Waals surface area contributed by atoms with Crippen molar-refractivity contribution in [3.63, 3.8) is 0 Å². The summed E-state index contributed by atoms with van der Waals surface area (Å²) in [4.78, 5) is 23.8. The number of phenolic OH excluding ortho intramolecular Hbond substituents is 1. The number of methoxy groups -OCH3 is 1. The average Bonchev–Trinajstić information content (AvgIpc) is 2.48. The molecule has 0 spiro atoms. The zero-order valence-corrected chi connectivity index (χ0v) is 14.1. The van der Waals surface area contributed by atoms with Gasteiger partial charge in [0.1, 0.15) is 5.57 Å². The Labute approximate surface area is 136 Å². The number of carbonyl (C=O) groups is 2. The molecule has 0 bridgehead atoms. The summed E-state index contributed by atoms with van der Waals surface area (Å²) >= 11 is 3.17. The number of hydrogen-bond acceptors (Lipinski definition) is 6. The van der Waals surface area contributed by atoms with E-state index in [1.54, 1.807) is 13.8 Å². The second-order valence-electron chi connectivity index (χ2n) is 4.05. The van der Waals surface area contributed by atoms with E-state index in [1.165, 1.54) is 25.3 Å². The summed E-state index contributed by atoms with van der Waals surface area (Å²) < 4.78 is 15.1. The van der Waals surface area contributed by atoms with Crippen molar-refractivity contribution in [2.45, 2.75) is 13.8 Å². The van der Waals surface area contributed by atoms with Crippen molar-refractivity contribution in [2.75, 3.05) is 20.3 Å². The fraction of sp³-hybridized carbons (Fsp3) is 0.333. The molecule has 0 saturated carbocycles. The van der Waals surface area contributed by atoms with Crippen molar-refractivity contribution in [3.8, 4) is 11.5 Å². The van der Waals surface area contributed by atoms with Crippen LogP contribution in [-0.4, -0.2) is 37.4 Å². The van der Waals surface area contributed by atoms with Gasteiger partial charge in [-0.15, -0.1) is 0 Å². The third kappa shape index (κ3) is 4.49. The van der Waals surface area contributed by atoms with Crippen LogP contribution in [0.15, 0.2) is 22.2 Å². The van der Waals surface area contributed by atoms with E-state index in [9.17, 15) is 14.7 Å². The van der Waals surface area contributed by atoms with Crippen molar-refractivity contribution < 1.29 is 28.9 Å². The molecule has 1 aromatic carbocycles. The summed E-state index contributed by atoms with van der Waals surface area (Å²) in [6, 6.07) is 3.02. The molecule has 0 aliphatic heterocycles. The minimum Gasteiger partial charge on any atom is -0.503 e. The highest BCUT2D eigenvalue weighted by molar-refractivity contribution is 9.10. The standard InChI is InChI=1S/C15H17BrO6/c1-4-21-14(18)10(15(19)22-5-2)6-9-7-11(16)13(17)12(8-9)20-3/h6-8,17H,4-5H2,1-3H3. The van der Waals surface area contributed by atoms with Gasteiger partial charge in [-0.2, -0.15) is 0 Å². The predicted octanol–water partition coefficient (Wildman–Crippen LogP) is 2.67. The molecule has 1 rings (SSSR count). The number of ether oxygens (including phenoxy) is 3. The minimum atomic E-state index is -0.774. The van der Waals surface area contributed by atoms with Crippen LogP contribution in [0, 0.1) is 0 Å². The molecule has 0 radical (unpaired) electrons. The normalized spacial score (nSPS) is 9.82. The van der Waals surface area contributed by atoms with E-state index in [2.05, 4.69) is 15.9 Å². The minimum absolute atomic E-state index is 0.0755. The highest BCUT2D eigenvalue weighted by Crippen LogP contribution is 2.35. The Morgan fingerprint density at radius 2 is 1.73 bits per heavy atom. The number of benzene rings is 1. The van der Waals surface area contributed by atoms with Gasteiger partial charge in [0.2, 0.25) is 0 Å². The zero-order valence-electron chi connectivity index (χ0n) is 12.5. The van der Waals surface area contributed by atoms with Gasteiger partial charge >= 0.3 is 11.9 Å². The van der Waals surface area contributed by atoms with E-state index in [1.807, 2.05) is 0 Å². The molecule has 0 aliphatic rings. The van der Waals surface area contributed by atoms with Gasteiger partial charge in [-0.3, -0.25) is 0 Å². The molecule has 0 amide bonds. The summed E-state index contributed by atoms with van der Waals surface area (Å²) in [7, 11) is 1.40. The summed E-state index contributed by atoms with van der Waals surface area (Å²) in [5, 5.41) is 9.77. The van der Waals surface area contributed by atoms with Crippen molar-refractivity contribution in [2.24, 2.45) is 0 Å². The molecule has 0 atom stereocenters. The molecule has 0 heterocycles. The van der Waals surface area contributed by atoms with Crippen molar-refractivity contribution in [1.29, 1.82) is 0 Å². The van der Waals surface area contributed by atoms with Crippen LogP contribution < -0.4 is 4.74 Å². The third-order valence-electron chi connectivity index (χ3n) is 2.57. The van der Waals surface area contributed by atoms with Crippen molar-refractivity contribution >= 4 is 33.9 Å². The molecule has 0 saturated heterocycles. The highest BCUT2D eigenvalue weighted by Gasteiger charge is 2.21. The van der Waals surface area contributed by atoms with Gasteiger partial charge in [-0.25, -0.2) is 9.59 Å². The molecular formula is C15H17BrO6. The zero-order chi connectivity index (χ0) is 16.7. The van der Waals surface area contributed by atoms with Gasteiger partial charge < -0.3 is 19.3 Å².